The quantitative estimate of drug-likeness (QED) is 0.552. The van der Waals surface area contributed by atoms with Crippen LogP contribution in [0.15, 0.2) is 24.3 Å². The van der Waals surface area contributed by atoms with Gasteiger partial charge in [0.15, 0.2) is 0 Å². The highest BCUT2D eigenvalue weighted by atomic mass is 16.5. The average molecular weight is 200 g/mol. The molecule has 15 heavy (non-hydrogen) atoms. The molecule has 4 nitrogen and oxygen atoms in total. The summed E-state index contributed by atoms with van der Waals surface area (Å²) in [5, 5.41) is 11.2. The van der Waals surface area contributed by atoms with Crippen LogP contribution in [0.25, 0.3) is 5.57 Å². The number of rotatable bonds is 1. The number of ether oxygens (including phenoxy) is 1. The van der Waals surface area contributed by atoms with Gasteiger partial charge in [0.05, 0.1) is 18.8 Å². The Morgan fingerprint density at radius 1 is 1.53 bits per heavy atom. The van der Waals surface area contributed by atoms with Gasteiger partial charge in [-0.2, -0.15) is 5.26 Å². The summed E-state index contributed by atoms with van der Waals surface area (Å²) >= 11 is 0. The Labute approximate surface area is 86.8 Å². The van der Waals surface area contributed by atoms with Crippen molar-refractivity contribution in [1.82, 2.24) is 0 Å². The van der Waals surface area contributed by atoms with Gasteiger partial charge in [-0.15, -0.1) is 0 Å². The van der Waals surface area contributed by atoms with Crippen molar-refractivity contribution in [2.24, 2.45) is 0 Å². The number of carbonyl (C=O) groups excluding carboxylic acids is 1. The molecule has 0 unspecified atom stereocenters. The molecule has 4 heteroatoms. The van der Waals surface area contributed by atoms with Crippen LogP contribution in [0.4, 0.5) is 5.69 Å². The lowest BCUT2D eigenvalue weighted by Crippen LogP contribution is -2.03. The van der Waals surface area contributed by atoms with E-state index >= 15 is 0 Å². The van der Waals surface area contributed by atoms with E-state index in [1.807, 2.05) is 6.07 Å². The van der Waals surface area contributed by atoms with Crippen LogP contribution >= 0.6 is 0 Å². The molecule has 0 saturated carbocycles. The summed E-state index contributed by atoms with van der Waals surface area (Å²) in [6.45, 7) is 0. The second-order valence-electron chi connectivity index (χ2n) is 3.05. The molecular weight excluding hydrogens is 192 g/mol. The van der Waals surface area contributed by atoms with E-state index in [9.17, 15) is 4.79 Å². The maximum absolute atomic E-state index is 11.4. The standard InChI is InChI=1S/C11H8N2O2/c1-15-7-2-3-10-9(6-7)8(4-5-12)11(14)13-10/h2-4,6H,1H3,(H,13,14). The molecule has 0 fully saturated rings. The molecule has 0 spiro atoms. The lowest BCUT2D eigenvalue weighted by molar-refractivity contribution is -0.110. The summed E-state index contributed by atoms with van der Waals surface area (Å²) in [4.78, 5) is 11.4. The summed E-state index contributed by atoms with van der Waals surface area (Å²) < 4.78 is 5.05. The van der Waals surface area contributed by atoms with Crippen LogP contribution in [0.3, 0.4) is 0 Å². The Kier molecular flexibility index (Phi) is 2.14. The third kappa shape index (κ3) is 1.44. The topological polar surface area (TPSA) is 62.1 Å². The second-order valence-corrected chi connectivity index (χ2v) is 3.05. The van der Waals surface area contributed by atoms with E-state index in [-0.39, 0.29) is 5.91 Å². The van der Waals surface area contributed by atoms with Crippen molar-refractivity contribution in [2.45, 2.75) is 0 Å². The van der Waals surface area contributed by atoms with Gasteiger partial charge in [-0.3, -0.25) is 4.79 Å². The molecule has 0 aliphatic carbocycles. The normalized spacial score (nSPS) is 15.7. The van der Waals surface area contributed by atoms with Gasteiger partial charge in [-0.25, -0.2) is 0 Å². The largest absolute Gasteiger partial charge is 0.497 e. The van der Waals surface area contributed by atoms with Gasteiger partial charge in [0, 0.05) is 17.3 Å². The molecule has 0 saturated heterocycles. The highest BCUT2D eigenvalue weighted by molar-refractivity contribution is 6.31. The maximum atomic E-state index is 11.4. The van der Waals surface area contributed by atoms with Gasteiger partial charge >= 0.3 is 0 Å². The molecule has 0 aromatic heterocycles. The number of anilines is 1. The Hall–Kier alpha value is -2.28. The number of amides is 1. The number of carbonyl (C=O) groups is 1. The molecule has 0 bridgehead atoms. The van der Waals surface area contributed by atoms with Crippen LogP contribution < -0.4 is 10.1 Å². The van der Waals surface area contributed by atoms with Crippen molar-refractivity contribution in [1.29, 1.82) is 5.26 Å². The van der Waals surface area contributed by atoms with Gasteiger partial charge in [0.25, 0.3) is 5.91 Å². The molecule has 1 aliphatic rings. The summed E-state index contributed by atoms with van der Waals surface area (Å²) in [6.07, 6.45) is 1.24. The SMILES string of the molecule is COc1ccc2c(c1)C(=CC#N)C(=O)N2. The third-order valence-electron chi connectivity index (χ3n) is 2.22. The molecule has 2 rings (SSSR count). The predicted octanol–water partition coefficient (Wildman–Crippen LogP) is 1.55. The van der Waals surface area contributed by atoms with E-state index in [2.05, 4.69) is 5.32 Å². The van der Waals surface area contributed by atoms with E-state index in [0.29, 0.717) is 22.6 Å². The van der Waals surface area contributed by atoms with Crippen molar-refractivity contribution in [2.75, 3.05) is 12.4 Å². The summed E-state index contributed by atoms with van der Waals surface area (Å²) in [7, 11) is 1.56. The van der Waals surface area contributed by atoms with Crippen LogP contribution in [-0.2, 0) is 4.79 Å². The fraction of sp³-hybridized carbons (Fsp3) is 0.0909. The van der Waals surface area contributed by atoms with Crippen LogP contribution in [0.1, 0.15) is 5.56 Å². The molecule has 1 heterocycles. The number of nitrogens with one attached hydrogen (secondary N) is 1. The van der Waals surface area contributed by atoms with Crippen LogP contribution in [-0.4, -0.2) is 13.0 Å². The molecule has 74 valence electrons. The first-order valence-corrected chi connectivity index (χ1v) is 4.36. The Bertz CT molecular complexity index is 498. The van der Waals surface area contributed by atoms with Crippen LogP contribution in [0, 0.1) is 11.3 Å². The van der Waals surface area contributed by atoms with Crippen LogP contribution in [0.5, 0.6) is 5.75 Å². The minimum Gasteiger partial charge on any atom is -0.497 e. The molecule has 1 amide bonds. The van der Waals surface area contributed by atoms with Gasteiger partial charge in [-0.05, 0) is 18.2 Å². The first-order valence-electron chi connectivity index (χ1n) is 4.36. The van der Waals surface area contributed by atoms with Crippen LogP contribution in [0.2, 0.25) is 0 Å². The second kappa shape index (κ2) is 3.46. The van der Waals surface area contributed by atoms with Gasteiger partial charge in [0.2, 0.25) is 0 Å². The fourth-order valence-electron chi connectivity index (χ4n) is 1.50. The number of hydrogen-bond donors (Lipinski definition) is 1. The highest BCUT2D eigenvalue weighted by Crippen LogP contribution is 2.34. The van der Waals surface area contributed by atoms with Crippen molar-refractivity contribution >= 4 is 17.2 Å². The van der Waals surface area contributed by atoms with Gasteiger partial charge in [0.1, 0.15) is 5.75 Å². The van der Waals surface area contributed by atoms with E-state index < -0.39 is 0 Å². The number of nitrogens with zero attached hydrogens (tertiary/aromatic N) is 1. The molecule has 1 aromatic carbocycles. The summed E-state index contributed by atoms with van der Waals surface area (Å²) in [5.41, 5.74) is 1.80. The lowest BCUT2D eigenvalue weighted by atomic mass is 10.1. The minimum absolute atomic E-state index is 0.250. The summed E-state index contributed by atoms with van der Waals surface area (Å²) in [5.74, 6) is 0.411. The van der Waals surface area contributed by atoms with E-state index in [0.717, 1.165) is 0 Å². The Morgan fingerprint density at radius 3 is 3.00 bits per heavy atom. The third-order valence-corrected chi connectivity index (χ3v) is 2.22. The van der Waals surface area contributed by atoms with Crippen molar-refractivity contribution in [3.05, 3.63) is 29.8 Å². The first-order chi connectivity index (χ1) is 7.26. The highest BCUT2D eigenvalue weighted by Gasteiger charge is 2.24. The number of hydrogen-bond acceptors (Lipinski definition) is 3. The number of methoxy groups -OCH3 is 1. The molecule has 1 N–H and O–H groups in total. The number of nitriles is 1. The number of allylic oxidation sites excluding steroid dienone is 1. The fourth-order valence-corrected chi connectivity index (χ4v) is 1.50. The zero-order chi connectivity index (χ0) is 10.8. The van der Waals surface area contributed by atoms with Gasteiger partial charge < -0.3 is 10.1 Å². The Balaban J connectivity index is 2.57. The van der Waals surface area contributed by atoms with Gasteiger partial charge in [-0.1, -0.05) is 0 Å². The predicted molar refractivity (Wildman–Crippen MR) is 55.2 cm³/mol. The smallest absolute Gasteiger partial charge is 0.257 e. The van der Waals surface area contributed by atoms with E-state index in [4.69, 9.17) is 10.00 Å². The zero-order valence-electron chi connectivity index (χ0n) is 8.07. The first kappa shape index (κ1) is 9.28. The lowest BCUT2D eigenvalue weighted by Gasteiger charge is -2.02. The number of fused-ring (bicyclic) bond motifs is 1. The minimum atomic E-state index is -0.250. The summed E-state index contributed by atoms with van der Waals surface area (Å²) in [6, 6.07) is 7.10. The maximum Gasteiger partial charge on any atom is 0.257 e. The van der Waals surface area contributed by atoms with E-state index in [1.54, 1.807) is 25.3 Å². The molecule has 0 atom stereocenters. The van der Waals surface area contributed by atoms with Crippen molar-refractivity contribution in [3.8, 4) is 11.8 Å². The molecular formula is C11H8N2O2. The Morgan fingerprint density at radius 2 is 2.33 bits per heavy atom. The zero-order valence-corrected chi connectivity index (χ0v) is 8.07. The van der Waals surface area contributed by atoms with E-state index in [1.165, 1.54) is 6.08 Å². The van der Waals surface area contributed by atoms with Crippen molar-refractivity contribution in [3.63, 3.8) is 0 Å². The molecule has 1 aromatic rings. The monoisotopic (exact) mass is 200 g/mol. The molecule has 1 aliphatic heterocycles. The molecule has 0 radical (unpaired) electrons. The number of benzene rings is 1. The van der Waals surface area contributed by atoms with Crippen molar-refractivity contribution < 1.29 is 9.53 Å². The average Bonchev–Trinajstić information content (AvgIpc) is 2.55.